The van der Waals surface area contributed by atoms with Gasteiger partial charge >= 0.3 is 0 Å². The minimum atomic E-state index is -3.58. The molecule has 0 aliphatic heterocycles. The number of fused-ring (bicyclic) bond motifs is 2. The molecule has 172 valence electrons. The van der Waals surface area contributed by atoms with Gasteiger partial charge in [0.2, 0.25) is 10.0 Å². The number of hydrogen-bond donors (Lipinski definition) is 2. The van der Waals surface area contributed by atoms with Gasteiger partial charge in [0.15, 0.2) is 0 Å². The number of hydrogen-bond acceptors (Lipinski definition) is 4. The van der Waals surface area contributed by atoms with Crippen molar-refractivity contribution in [2.75, 3.05) is 5.32 Å². The molecule has 1 saturated carbocycles. The Bertz CT molecular complexity index is 1320. The van der Waals surface area contributed by atoms with Crippen LogP contribution in [0.25, 0.3) is 10.9 Å². The number of aryl methyl sites for hydroxylation is 1. The van der Waals surface area contributed by atoms with E-state index in [9.17, 15) is 13.2 Å². The third kappa shape index (κ3) is 4.63. The minimum Gasteiger partial charge on any atom is -0.322 e. The summed E-state index contributed by atoms with van der Waals surface area (Å²) < 4.78 is 28.3. The summed E-state index contributed by atoms with van der Waals surface area (Å²) in [5, 5.41) is 4.22. The van der Waals surface area contributed by atoms with E-state index >= 15 is 0 Å². The number of carbonyl (C=O) groups is 1. The SMILES string of the molecule is O=C(Nc1ccc(S(=O)(=O)NC2CCCCC2)cc1)c1c2c(nc3ccc(Cl)cc13)CCC2. The van der Waals surface area contributed by atoms with E-state index in [1.807, 2.05) is 6.07 Å². The molecule has 0 radical (unpaired) electrons. The second-order valence-electron chi connectivity index (χ2n) is 8.86. The van der Waals surface area contributed by atoms with Crippen molar-refractivity contribution in [1.29, 1.82) is 0 Å². The van der Waals surface area contributed by atoms with Gasteiger partial charge < -0.3 is 5.32 Å². The van der Waals surface area contributed by atoms with Gasteiger partial charge in [-0.25, -0.2) is 13.1 Å². The summed E-state index contributed by atoms with van der Waals surface area (Å²) in [5.74, 6) is -0.237. The number of anilines is 1. The Balaban J connectivity index is 1.39. The van der Waals surface area contributed by atoms with Gasteiger partial charge in [-0.05, 0) is 80.1 Å². The summed E-state index contributed by atoms with van der Waals surface area (Å²) in [5.41, 5.74) is 3.82. The zero-order valence-corrected chi connectivity index (χ0v) is 19.8. The van der Waals surface area contributed by atoms with E-state index in [1.54, 1.807) is 24.3 Å². The molecule has 6 nitrogen and oxygen atoms in total. The molecule has 8 heteroatoms. The molecule has 2 N–H and O–H groups in total. The van der Waals surface area contributed by atoms with Gasteiger partial charge in [0.1, 0.15) is 0 Å². The number of sulfonamides is 1. The van der Waals surface area contributed by atoms with Crippen molar-refractivity contribution in [3.8, 4) is 0 Å². The number of benzene rings is 2. The van der Waals surface area contributed by atoms with Crippen LogP contribution >= 0.6 is 11.6 Å². The predicted molar refractivity (Wildman–Crippen MR) is 130 cm³/mol. The Labute approximate surface area is 198 Å². The number of carbonyl (C=O) groups excluding carboxylic acids is 1. The van der Waals surface area contributed by atoms with E-state index < -0.39 is 10.0 Å². The normalized spacial score (nSPS) is 16.6. The quantitative estimate of drug-likeness (QED) is 0.519. The smallest absolute Gasteiger partial charge is 0.256 e. The van der Waals surface area contributed by atoms with Gasteiger partial charge in [-0.15, -0.1) is 0 Å². The molecule has 1 heterocycles. The number of nitrogens with one attached hydrogen (secondary N) is 2. The predicted octanol–water partition coefficient (Wildman–Crippen LogP) is 5.24. The van der Waals surface area contributed by atoms with Crippen molar-refractivity contribution in [3.63, 3.8) is 0 Å². The first-order valence-electron chi connectivity index (χ1n) is 11.5. The first kappa shape index (κ1) is 22.3. The molecule has 2 aliphatic carbocycles. The third-order valence-corrected chi connectivity index (χ3v) is 8.32. The zero-order chi connectivity index (χ0) is 23.0. The lowest BCUT2D eigenvalue weighted by atomic mass is 9.96. The molecule has 0 atom stereocenters. The topological polar surface area (TPSA) is 88.2 Å². The summed E-state index contributed by atoms with van der Waals surface area (Å²) in [6.07, 6.45) is 7.64. The molecule has 0 unspecified atom stereocenters. The second kappa shape index (κ2) is 9.05. The molecule has 2 aromatic carbocycles. The molecule has 1 aromatic heterocycles. The Kier molecular flexibility index (Phi) is 6.12. The number of aromatic nitrogens is 1. The summed E-state index contributed by atoms with van der Waals surface area (Å²) in [4.78, 5) is 18.3. The first-order chi connectivity index (χ1) is 15.9. The average Bonchev–Trinajstić information content (AvgIpc) is 3.26. The highest BCUT2D eigenvalue weighted by molar-refractivity contribution is 7.89. The summed E-state index contributed by atoms with van der Waals surface area (Å²) in [6.45, 7) is 0. The van der Waals surface area contributed by atoms with E-state index in [4.69, 9.17) is 16.6 Å². The Morgan fingerprint density at radius 2 is 1.73 bits per heavy atom. The van der Waals surface area contributed by atoms with Crippen LogP contribution in [0.15, 0.2) is 47.4 Å². The fourth-order valence-corrected chi connectivity index (χ4v) is 6.39. The number of rotatable bonds is 5. The highest BCUT2D eigenvalue weighted by Gasteiger charge is 2.25. The Morgan fingerprint density at radius 1 is 0.970 bits per heavy atom. The lowest BCUT2D eigenvalue weighted by molar-refractivity contribution is 0.102. The number of pyridine rings is 1. The van der Waals surface area contributed by atoms with Gasteiger partial charge in [-0.3, -0.25) is 9.78 Å². The molecular weight excluding hydrogens is 458 g/mol. The maximum Gasteiger partial charge on any atom is 0.256 e. The summed E-state index contributed by atoms with van der Waals surface area (Å²) >= 11 is 6.21. The van der Waals surface area contributed by atoms with Crippen LogP contribution in [0, 0.1) is 0 Å². The van der Waals surface area contributed by atoms with Crippen LogP contribution in [0.2, 0.25) is 5.02 Å². The van der Waals surface area contributed by atoms with Crippen molar-refractivity contribution in [2.24, 2.45) is 0 Å². The van der Waals surface area contributed by atoms with E-state index in [1.165, 1.54) is 12.1 Å². The van der Waals surface area contributed by atoms with Crippen LogP contribution in [0.1, 0.15) is 60.1 Å². The standard InChI is InChI=1S/C25H26ClN3O3S/c26-16-9-14-23-21(15-16)24(20-7-4-8-22(20)28-23)25(30)27-17-10-12-19(13-11-17)33(31,32)29-18-5-2-1-3-6-18/h9-15,18,29H,1-8H2,(H,27,30). The molecule has 3 aromatic rings. The van der Waals surface area contributed by atoms with E-state index in [-0.39, 0.29) is 16.8 Å². The lowest BCUT2D eigenvalue weighted by Crippen LogP contribution is -2.36. The second-order valence-corrected chi connectivity index (χ2v) is 11.0. The van der Waals surface area contributed by atoms with Gasteiger partial charge in [0.05, 0.1) is 16.0 Å². The largest absolute Gasteiger partial charge is 0.322 e. The molecule has 0 bridgehead atoms. The maximum absolute atomic E-state index is 13.3. The minimum absolute atomic E-state index is 0.00276. The fourth-order valence-electron chi connectivity index (χ4n) is 4.91. The van der Waals surface area contributed by atoms with E-state index in [0.29, 0.717) is 16.3 Å². The average molecular weight is 484 g/mol. The van der Waals surface area contributed by atoms with Crippen molar-refractivity contribution >= 4 is 44.1 Å². The number of amides is 1. The van der Waals surface area contributed by atoms with Crippen LogP contribution in [-0.2, 0) is 22.9 Å². The van der Waals surface area contributed by atoms with Gasteiger partial charge in [-0.2, -0.15) is 0 Å². The fraction of sp³-hybridized carbons (Fsp3) is 0.360. The molecular formula is C25H26ClN3O3S. The molecule has 2 aliphatic rings. The summed E-state index contributed by atoms with van der Waals surface area (Å²) in [6, 6.07) is 11.7. The monoisotopic (exact) mass is 483 g/mol. The van der Waals surface area contributed by atoms with Crippen molar-refractivity contribution in [2.45, 2.75) is 62.3 Å². The van der Waals surface area contributed by atoms with Crippen LogP contribution in [0.3, 0.4) is 0 Å². The Hall–Kier alpha value is -2.48. The van der Waals surface area contributed by atoms with Crippen LogP contribution < -0.4 is 10.0 Å². The summed E-state index contributed by atoms with van der Waals surface area (Å²) in [7, 11) is -3.58. The number of halogens is 1. The highest BCUT2D eigenvalue weighted by Crippen LogP contribution is 2.32. The molecule has 0 spiro atoms. The molecule has 5 rings (SSSR count). The van der Waals surface area contributed by atoms with Crippen molar-refractivity contribution in [3.05, 3.63) is 64.3 Å². The van der Waals surface area contributed by atoms with Gasteiger partial charge in [0, 0.05) is 27.8 Å². The lowest BCUT2D eigenvalue weighted by Gasteiger charge is -2.22. The van der Waals surface area contributed by atoms with Gasteiger partial charge in [-0.1, -0.05) is 30.9 Å². The van der Waals surface area contributed by atoms with E-state index in [2.05, 4.69) is 10.0 Å². The maximum atomic E-state index is 13.3. The van der Waals surface area contributed by atoms with Gasteiger partial charge in [0.25, 0.3) is 5.91 Å². The molecule has 1 amide bonds. The van der Waals surface area contributed by atoms with Crippen molar-refractivity contribution < 1.29 is 13.2 Å². The van der Waals surface area contributed by atoms with Crippen molar-refractivity contribution in [1.82, 2.24) is 9.71 Å². The van der Waals surface area contributed by atoms with Crippen LogP contribution in [0.4, 0.5) is 5.69 Å². The number of nitrogens with zero attached hydrogens (tertiary/aromatic N) is 1. The highest BCUT2D eigenvalue weighted by atomic mass is 35.5. The third-order valence-electron chi connectivity index (χ3n) is 6.55. The zero-order valence-electron chi connectivity index (χ0n) is 18.2. The molecule has 0 saturated heterocycles. The van der Waals surface area contributed by atoms with Crippen LogP contribution in [-0.4, -0.2) is 25.4 Å². The van der Waals surface area contributed by atoms with Crippen LogP contribution in [0.5, 0.6) is 0 Å². The first-order valence-corrected chi connectivity index (χ1v) is 13.3. The molecule has 1 fully saturated rings. The van der Waals surface area contributed by atoms with E-state index in [0.717, 1.165) is 73.5 Å². The Morgan fingerprint density at radius 3 is 2.48 bits per heavy atom. The molecule has 33 heavy (non-hydrogen) atoms.